The van der Waals surface area contributed by atoms with Gasteiger partial charge >= 0.3 is 0 Å². The first-order valence-electron chi connectivity index (χ1n) is 5.85. The standard InChI is InChI=1S/C13H17N3O3/c1-18-6-2-5-16-13(17)9-19-12-4-3-11(15)7-10(12)8-14/h3-4,7H,2,5-6,9,15H2,1H3,(H,16,17). The maximum absolute atomic E-state index is 11.5. The van der Waals surface area contributed by atoms with E-state index in [-0.39, 0.29) is 12.5 Å². The molecule has 0 unspecified atom stereocenters. The summed E-state index contributed by atoms with van der Waals surface area (Å²) in [5.74, 6) is 0.112. The largest absolute Gasteiger partial charge is 0.482 e. The van der Waals surface area contributed by atoms with Crippen molar-refractivity contribution in [3.63, 3.8) is 0 Å². The molecular weight excluding hydrogens is 246 g/mol. The lowest BCUT2D eigenvalue weighted by Crippen LogP contribution is -2.30. The number of carbonyl (C=O) groups excluding carboxylic acids is 1. The molecule has 0 aliphatic rings. The minimum absolute atomic E-state index is 0.133. The first-order chi connectivity index (χ1) is 9.17. The lowest BCUT2D eigenvalue weighted by atomic mass is 10.2. The Labute approximate surface area is 112 Å². The van der Waals surface area contributed by atoms with Crippen LogP contribution in [0, 0.1) is 11.3 Å². The van der Waals surface area contributed by atoms with Gasteiger partial charge in [0.15, 0.2) is 6.61 Å². The second-order valence-corrected chi connectivity index (χ2v) is 3.85. The fourth-order valence-corrected chi connectivity index (χ4v) is 1.40. The Balaban J connectivity index is 2.40. The van der Waals surface area contributed by atoms with Gasteiger partial charge in [-0.05, 0) is 24.6 Å². The minimum atomic E-state index is -0.239. The van der Waals surface area contributed by atoms with E-state index in [0.717, 1.165) is 6.42 Å². The maximum atomic E-state index is 11.5. The summed E-state index contributed by atoms with van der Waals surface area (Å²) in [5, 5.41) is 11.6. The Morgan fingerprint density at radius 1 is 1.53 bits per heavy atom. The van der Waals surface area contributed by atoms with E-state index in [9.17, 15) is 4.79 Å². The molecule has 0 radical (unpaired) electrons. The van der Waals surface area contributed by atoms with Crippen LogP contribution in [0.4, 0.5) is 5.69 Å². The van der Waals surface area contributed by atoms with Gasteiger partial charge in [-0.25, -0.2) is 0 Å². The van der Waals surface area contributed by atoms with E-state index in [2.05, 4.69) is 5.32 Å². The second-order valence-electron chi connectivity index (χ2n) is 3.85. The number of hydrogen-bond acceptors (Lipinski definition) is 5. The third-order valence-electron chi connectivity index (χ3n) is 2.33. The van der Waals surface area contributed by atoms with Crippen molar-refractivity contribution >= 4 is 11.6 Å². The van der Waals surface area contributed by atoms with Gasteiger partial charge in [0.05, 0.1) is 5.56 Å². The Morgan fingerprint density at radius 3 is 3.00 bits per heavy atom. The Bertz CT molecular complexity index is 469. The number of hydrogen-bond donors (Lipinski definition) is 2. The summed E-state index contributed by atoms with van der Waals surface area (Å²) < 4.78 is 10.1. The number of benzene rings is 1. The summed E-state index contributed by atoms with van der Waals surface area (Å²) in [4.78, 5) is 11.5. The molecule has 0 aliphatic carbocycles. The number of methoxy groups -OCH3 is 1. The highest BCUT2D eigenvalue weighted by molar-refractivity contribution is 5.77. The molecule has 1 rings (SSSR count). The van der Waals surface area contributed by atoms with Crippen LogP contribution in [0.1, 0.15) is 12.0 Å². The van der Waals surface area contributed by atoms with Gasteiger partial charge in [-0.2, -0.15) is 5.26 Å². The number of nitrogen functional groups attached to an aromatic ring is 1. The highest BCUT2D eigenvalue weighted by Crippen LogP contribution is 2.20. The van der Waals surface area contributed by atoms with Crippen LogP contribution >= 0.6 is 0 Å². The number of nitriles is 1. The average molecular weight is 263 g/mol. The quantitative estimate of drug-likeness (QED) is 0.556. The van der Waals surface area contributed by atoms with Gasteiger partial charge in [-0.3, -0.25) is 4.79 Å². The lowest BCUT2D eigenvalue weighted by Gasteiger charge is -2.08. The Kier molecular flexibility index (Phi) is 6.19. The van der Waals surface area contributed by atoms with Crippen LogP contribution in [0.3, 0.4) is 0 Å². The molecule has 102 valence electrons. The highest BCUT2D eigenvalue weighted by Gasteiger charge is 2.06. The molecule has 0 spiro atoms. The van der Waals surface area contributed by atoms with E-state index < -0.39 is 0 Å². The molecule has 6 nitrogen and oxygen atoms in total. The van der Waals surface area contributed by atoms with Crippen molar-refractivity contribution in [1.29, 1.82) is 5.26 Å². The molecule has 19 heavy (non-hydrogen) atoms. The predicted molar refractivity (Wildman–Crippen MR) is 70.6 cm³/mol. The van der Waals surface area contributed by atoms with Crippen molar-refractivity contribution < 1.29 is 14.3 Å². The Hall–Kier alpha value is -2.26. The van der Waals surface area contributed by atoms with Crippen molar-refractivity contribution in [2.75, 3.05) is 32.6 Å². The summed E-state index contributed by atoms with van der Waals surface area (Å²) in [7, 11) is 1.61. The number of rotatable bonds is 7. The zero-order chi connectivity index (χ0) is 14.1. The monoisotopic (exact) mass is 263 g/mol. The van der Waals surface area contributed by atoms with E-state index in [0.29, 0.717) is 30.2 Å². The number of ether oxygens (including phenoxy) is 2. The fourth-order valence-electron chi connectivity index (χ4n) is 1.40. The topological polar surface area (TPSA) is 97.4 Å². The molecule has 3 N–H and O–H groups in total. The third kappa shape index (κ3) is 5.27. The third-order valence-corrected chi connectivity index (χ3v) is 2.33. The van der Waals surface area contributed by atoms with E-state index in [1.807, 2.05) is 6.07 Å². The van der Waals surface area contributed by atoms with Gasteiger partial charge in [-0.1, -0.05) is 0 Å². The molecule has 0 atom stereocenters. The summed E-state index contributed by atoms with van der Waals surface area (Å²) >= 11 is 0. The van der Waals surface area contributed by atoms with Gasteiger partial charge < -0.3 is 20.5 Å². The van der Waals surface area contributed by atoms with E-state index in [1.54, 1.807) is 19.2 Å². The fraction of sp³-hybridized carbons (Fsp3) is 0.385. The molecule has 0 fully saturated rings. The van der Waals surface area contributed by atoms with Crippen molar-refractivity contribution in [3.8, 4) is 11.8 Å². The van der Waals surface area contributed by atoms with Crippen LogP contribution in [0.15, 0.2) is 18.2 Å². The number of nitrogens with two attached hydrogens (primary N) is 1. The SMILES string of the molecule is COCCCNC(=O)COc1ccc(N)cc1C#N. The first-order valence-corrected chi connectivity index (χ1v) is 5.85. The summed E-state index contributed by atoms with van der Waals surface area (Å²) in [5.41, 5.74) is 6.35. The lowest BCUT2D eigenvalue weighted by molar-refractivity contribution is -0.123. The van der Waals surface area contributed by atoms with E-state index >= 15 is 0 Å². The number of nitrogens with zero attached hydrogens (tertiary/aromatic N) is 1. The van der Waals surface area contributed by atoms with Crippen LogP contribution in [0.5, 0.6) is 5.75 Å². The molecular formula is C13H17N3O3. The molecule has 1 aromatic rings. The first kappa shape index (κ1) is 14.8. The van der Waals surface area contributed by atoms with Gasteiger partial charge in [-0.15, -0.1) is 0 Å². The van der Waals surface area contributed by atoms with Crippen molar-refractivity contribution in [2.24, 2.45) is 0 Å². The van der Waals surface area contributed by atoms with Crippen molar-refractivity contribution in [2.45, 2.75) is 6.42 Å². The molecule has 0 aromatic heterocycles. The maximum Gasteiger partial charge on any atom is 0.257 e. The summed E-state index contributed by atoms with van der Waals surface area (Å²) in [6.45, 7) is 0.992. The smallest absolute Gasteiger partial charge is 0.257 e. The van der Waals surface area contributed by atoms with Crippen LogP contribution in [-0.2, 0) is 9.53 Å². The van der Waals surface area contributed by atoms with Crippen LogP contribution in [-0.4, -0.2) is 32.8 Å². The number of anilines is 1. The van der Waals surface area contributed by atoms with Gasteiger partial charge in [0, 0.05) is 25.9 Å². The van der Waals surface area contributed by atoms with E-state index in [1.165, 1.54) is 6.07 Å². The summed E-state index contributed by atoms with van der Waals surface area (Å²) in [6, 6.07) is 6.67. The normalized spacial score (nSPS) is 9.68. The Morgan fingerprint density at radius 2 is 2.32 bits per heavy atom. The van der Waals surface area contributed by atoms with Crippen LogP contribution in [0.2, 0.25) is 0 Å². The number of nitrogens with one attached hydrogen (secondary N) is 1. The zero-order valence-corrected chi connectivity index (χ0v) is 10.8. The zero-order valence-electron chi connectivity index (χ0n) is 10.8. The van der Waals surface area contributed by atoms with Gasteiger partial charge in [0.1, 0.15) is 11.8 Å². The molecule has 0 saturated heterocycles. The molecule has 0 saturated carbocycles. The number of amides is 1. The second kappa shape index (κ2) is 7.95. The predicted octanol–water partition coefficient (Wildman–Crippen LogP) is 0.672. The number of carbonyl (C=O) groups is 1. The van der Waals surface area contributed by atoms with Crippen LogP contribution < -0.4 is 15.8 Å². The van der Waals surface area contributed by atoms with Crippen molar-refractivity contribution in [3.05, 3.63) is 23.8 Å². The molecule has 0 aliphatic heterocycles. The summed E-state index contributed by atoms with van der Waals surface area (Å²) in [6.07, 6.45) is 0.744. The molecule has 1 amide bonds. The molecule has 1 aromatic carbocycles. The molecule has 6 heteroatoms. The van der Waals surface area contributed by atoms with Gasteiger partial charge in [0.25, 0.3) is 5.91 Å². The van der Waals surface area contributed by atoms with Crippen LogP contribution in [0.25, 0.3) is 0 Å². The molecule has 0 heterocycles. The highest BCUT2D eigenvalue weighted by atomic mass is 16.5. The van der Waals surface area contributed by atoms with E-state index in [4.69, 9.17) is 20.5 Å². The average Bonchev–Trinajstić information content (AvgIpc) is 2.42. The molecule has 0 bridgehead atoms. The van der Waals surface area contributed by atoms with Gasteiger partial charge in [0.2, 0.25) is 0 Å². The minimum Gasteiger partial charge on any atom is -0.482 e. The van der Waals surface area contributed by atoms with Crippen molar-refractivity contribution in [1.82, 2.24) is 5.32 Å².